The van der Waals surface area contributed by atoms with Gasteiger partial charge in [-0.15, -0.1) is 0 Å². The number of anilines is 1. The van der Waals surface area contributed by atoms with Crippen molar-refractivity contribution in [2.75, 3.05) is 38.6 Å². The van der Waals surface area contributed by atoms with Gasteiger partial charge in [-0.2, -0.15) is 23.4 Å². The van der Waals surface area contributed by atoms with E-state index < -0.39 is 17.6 Å². The minimum atomic E-state index is -4.62. The predicted octanol–water partition coefficient (Wildman–Crippen LogP) is 3.14. The molecule has 0 unspecified atom stereocenters. The van der Waals surface area contributed by atoms with E-state index in [-0.39, 0.29) is 5.56 Å². The largest absolute Gasteiger partial charge is 0.419 e. The van der Waals surface area contributed by atoms with Crippen LogP contribution in [0.4, 0.5) is 19.0 Å². The molecule has 37 heavy (non-hydrogen) atoms. The molecule has 6 rings (SSSR count). The third-order valence-corrected chi connectivity index (χ3v) is 6.39. The molecule has 190 valence electrons. The first-order valence-corrected chi connectivity index (χ1v) is 11.7. The lowest BCUT2D eigenvalue weighted by atomic mass is 10.1. The molecule has 1 saturated heterocycles. The van der Waals surface area contributed by atoms with Crippen molar-refractivity contribution in [3.8, 4) is 22.5 Å². The van der Waals surface area contributed by atoms with Crippen LogP contribution in [0.25, 0.3) is 39.2 Å². The molecule has 0 aliphatic carbocycles. The van der Waals surface area contributed by atoms with Crippen LogP contribution in [0.1, 0.15) is 5.56 Å². The number of halogens is 3. The van der Waals surface area contributed by atoms with E-state index in [0.717, 1.165) is 55.5 Å². The standard InChI is InChI=1S/C24H22F3N9O/c25-24(26,27)18-10-15(11-30-22(18)28)19-1-2-21-29-14-20(36(21)33-19)16-9-17-13-32-35(23(17)31-12-16)4-3-34-5-7-37-8-6-34/h1-2,9-14H,3-8H2,(H2,28,30). The molecule has 1 aliphatic rings. The Morgan fingerprint density at radius 2 is 1.73 bits per heavy atom. The van der Waals surface area contributed by atoms with Crippen molar-refractivity contribution < 1.29 is 17.9 Å². The number of rotatable bonds is 5. The van der Waals surface area contributed by atoms with Crippen LogP contribution in [0.15, 0.2) is 49.1 Å². The monoisotopic (exact) mass is 509 g/mol. The summed E-state index contributed by atoms with van der Waals surface area (Å²) in [5.74, 6) is -0.578. The molecule has 0 radical (unpaired) electrons. The first kappa shape index (κ1) is 23.3. The van der Waals surface area contributed by atoms with E-state index in [4.69, 9.17) is 10.5 Å². The van der Waals surface area contributed by atoms with E-state index >= 15 is 0 Å². The zero-order chi connectivity index (χ0) is 25.6. The molecule has 0 bridgehead atoms. The molecule has 0 spiro atoms. The van der Waals surface area contributed by atoms with Crippen LogP contribution >= 0.6 is 0 Å². The van der Waals surface area contributed by atoms with E-state index in [1.807, 2.05) is 10.7 Å². The smallest absolute Gasteiger partial charge is 0.383 e. The lowest BCUT2D eigenvalue weighted by molar-refractivity contribution is -0.137. The Hall–Kier alpha value is -4.10. The quantitative estimate of drug-likeness (QED) is 0.385. The maximum absolute atomic E-state index is 13.3. The number of hydrogen-bond acceptors (Lipinski definition) is 8. The highest BCUT2D eigenvalue weighted by molar-refractivity contribution is 5.80. The molecule has 1 aliphatic heterocycles. The Morgan fingerprint density at radius 3 is 2.54 bits per heavy atom. The van der Waals surface area contributed by atoms with Gasteiger partial charge in [-0.25, -0.2) is 24.1 Å². The van der Waals surface area contributed by atoms with E-state index in [1.165, 1.54) is 6.20 Å². The fourth-order valence-corrected chi connectivity index (χ4v) is 4.40. The van der Waals surface area contributed by atoms with E-state index in [9.17, 15) is 13.2 Å². The highest BCUT2D eigenvalue weighted by Gasteiger charge is 2.34. The van der Waals surface area contributed by atoms with Crippen molar-refractivity contribution in [3.63, 3.8) is 0 Å². The van der Waals surface area contributed by atoms with Gasteiger partial charge >= 0.3 is 6.18 Å². The SMILES string of the molecule is Nc1ncc(-c2ccc3ncc(-c4cnc5c(cnn5CCN5CCOCC5)c4)n3n2)cc1C(F)(F)F. The number of pyridine rings is 2. The fraction of sp³-hybridized carbons (Fsp3) is 0.292. The number of ether oxygens (including phenoxy) is 1. The Bertz CT molecular complexity index is 1590. The summed E-state index contributed by atoms with van der Waals surface area (Å²) in [5.41, 5.74) is 7.65. The number of fused-ring (bicyclic) bond motifs is 2. The second-order valence-electron chi connectivity index (χ2n) is 8.75. The third-order valence-electron chi connectivity index (χ3n) is 6.39. The summed E-state index contributed by atoms with van der Waals surface area (Å²) < 4.78 is 48.8. The van der Waals surface area contributed by atoms with Crippen LogP contribution < -0.4 is 5.73 Å². The van der Waals surface area contributed by atoms with Crippen LogP contribution in [0.2, 0.25) is 0 Å². The molecular weight excluding hydrogens is 487 g/mol. The van der Waals surface area contributed by atoms with Crippen LogP contribution in [0.3, 0.4) is 0 Å². The van der Waals surface area contributed by atoms with Crippen LogP contribution in [0.5, 0.6) is 0 Å². The molecule has 10 nitrogen and oxygen atoms in total. The normalized spacial score (nSPS) is 15.1. The number of hydrogen-bond donors (Lipinski definition) is 1. The van der Waals surface area contributed by atoms with E-state index in [2.05, 4.69) is 30.0 Å². The highest BCUT2D eigenvalue weighted by Crippen LogP contribution is 2.35. The average molecular weight is 509 g/mol. The van der Waals surface area contributed by atoms with Gasteiger partial charge < -0.3 is 10.5 Å². The lowest BCUT2D eigenvalue weighted by Crippen LogP contribution is -2.38. The van der Waals surface area contributed by atoms with Crippen LogP contribution in [-0.2, 0) is 17.5 Å². The summed E-state index contributed by atoms with van der Waals surface area (Å²) in [5, 5.41) is 9.91. The number of morpholine rings is 1. The van der Waals surface area contributed by atoms with Gasteiger partial charge in [-0.05, 0) is 24.3 Å². The predicted molar refractivity (Wildman–Crippen MR) is 129 cm³/mol. The summed E-state index contributed by atoms with van der Waals surface area (Å²) in [6.45, 7) is 4.88. The fourth-order valence-electron chi connectivity index (χ4n) is 4.40. The van der Waals surface area contributed by atoms with E-state index in [0.29, 0.717) is 23.6 Å². The number of nitrogen functional groups attached to an aromatic ring is 1. The van der Waals surface area contributed by atoms with Gasteiger partial charge in [0, 0.05) is 48.5 Å². The molecule has 6 heterocycles. The van der Waals surface area contributed by atoms with Gasteiger partial charge in [0.25, 0.3) is 0 Å². The van der Waals surface area contributed by atoms with Gasteiger partial charge in [0.15, 0.2) is 11.3 Å². The first-order chi connectivity index (χ1) is 17.9. The Balaban J connectivity index is 1.31. The molecular formula is C24H22F3N9O. The Morgan fingerprint density at radius 1 is 0.919 bits per heavy atom. The maximum atomic E-state index is 13.3. The molecule has 5 aromatic heterocycles. The van der Waals surface area contributed by atoms with Crippen molar-refractivity contribution in [2.45, 2.75) is 12.7 Å². The molecule has 5 aromatic rings. The number of aromatic nitrogens is 7. The molecule has 1 fully saturated rings. The molecule has 0 amide bonds. The van der Waals surface area contributed by atoms with E-state index in [1.54, 1.807) is 35.2 Å². The van der Waals surface area contributed by atoms with Gasteiger partial charge in [0.05, 0.1) is 49.1 Å². The van der Waals surface area contributed by atoms with Crippen molar-refractivity contribution >= 4 is 22.5 Å². The number of imidazole rings is 1. The van der Waals surface area contributed by atoms with Gasteiger partial charge in [0.2, 0.25) is 0 Å². The molecule has 2 N–H and O–H groups in total. The Labute approximate surface area is 208 Å². The third kappa shape index (κ3) is 4.47. The minimum absolute atomic E-state index is 0.193. The summed E-state index contributed by atoms with van der Waals surface area (Å²) in [7, 11) is 0. The second-order valence-corrected chi connectivity index (χ2v) is 8.75. The number of nitrogens with two attached hydrogens (primary N) is 1. The zero-order valence-corrected chi connectivity index (χ0v) is 19.6. The van der Waals surface area contributed by atoms with Crippen molar-refractivity contribution in [1.29, 1.82) is 0 Å². The molecule has 13 heteroatoms. The number of alkyl halides is 3. The van der Waals surface area contributed by atoms with Crippen molar-refractivity contribution in [1.82, 2.24) is 39.2 Å². The second kappa shape index (κ2) is 9.09. The minimum Gasteiger partial charge on any atom is -0.383 e. The number of nitrogens with zero attached hydrogens (tertiary/aromatic N) is 8. The summed E-state index contributed by atoms with van der Waals surface area (Å²) >= 11 is 0. The zero-order valence-electron chi connectivity index (χ0n) is 19.6. The van der Waals surface area contributed by atoms with Crippen molar-refractivity contribution in [3.05, 3.63) is 54.6 Å². The first-order valence-electron chi connectivity index (χ1n) is 11.7. The summed E-state index contributed by atoms with van der Waals surface area (Å²) in [6.07, 6.45) is 1.80. The lowest BCUT2D eigenvalue weighted by Gasteiger charge is -2.26. The average Bonchev–Trinajstić information content (AvgIpc) is 3.51. The molecule has 0 atom stereocenters. The van der Waals surface area contributed by atoms with Crippen molar-refractivity contribution in [2.24, 2.45) is 0 Å². The van der Waals surface area contributed by atoms with Crippen LogP contribution in [0, 0.1) is 0 Å². The molecule has 0 aromatic carbocycles. The van der Waals surface area contributed by atoms with Crippen LogP contribution in [-0.4, -0.2) is 72.1 Å². The summed E-state index contributed by atoms with van der Waals surface area (Å²) in [4.78, 5) is 15.1. The van der Waals surface area contributed by atoms with Gasteiger partial charge in [-0.3, -0.25) is 4.90 Å². The Kier molecular flexibility index (Phi) is 5.72. The highest BCUT2D eigenvalue weighted by atomic mass is 19.4. The van der Waals surface area contributed by atoms with Gasteiger partial charge in [0.1, 0.15) is 5.82 Å². The van der Waals surface area contributed by atoms with Gasteiger partial charge in [-0.1, -0.05) is 0 Å². The summed E-state index contributed by atoms with van der Waals surface area (Å²) in [6, 6.07) is 6.18. The molecule has 0 saturated carbocycles. The maximum Gasteiger partial charge on any atom is 0.419 e. The topological polar surface area (TPSA) is 112 Å².